The molecule has 1 aliphatic heterocycles. The highest BCUT2D eigenvalue weighted by Crippen LogP contribution is 2.31. The molecular weight excluding hydrogens is 742 g/mol. The Morgan fingerprint density at radius 3 is 2.37 bits per heavy atom. The van der Waals surface area contributed by atoms with Crippen LogP contribution in [0.5, 0.6) is 0 Å². The number of nitrogens with zero attached hydrogens (tertiary/aromatic N) is 5. The summed E-state index contributed by atoms with van der Waals surface area (Å²) in [5.74, 6) is -1.09. The minimum Gasteiger partial charge on any atom is -0.388 e. The van der Waals surface area contributed by atoms with E-state index in [0.29, 0.717) is 70.9 Å². The zero-order valence-electron chi connectivity index (χ0n) is 31.8. The summed E-state index contributed by atoms with van der Waals surface area (Å²) in [4.78, 5) is 66.1. The maximum atomic E-state index is 14.4. The molecule has 0 saturated carbocycles. The third-order valence-corrected chi connectivity index (χ3v) is 10.8. The molecule has 0 radical (unpaired) electrons. The van der Waals surface area contributed by atoms with Crippen molar-refractivity contribution in [2.45, 2.75) is 43.7 Å². The number of hydrogen-bond donors (Lipinski definition) is 3. The molecule has 1 aliphatic rings. The molecule has 6 aromatic rings. The number of carbonyl (C=O) groups is 3. The van der Waals surface area contributed by atoms with Crippen molar-refractivity contribution in [2.24, 2.45) is 0 Å². The van der Waals surface area contributed by atoms with E-state index in [4.69, 9.17) is 11.6 Å². The molecule has 3 heterocycles. The number of anilines is 2. The van der Waals surface area contributed by atoms with Gasteiger partial charge >= 0.3 is 0 Å². The molecule has 7 rings (SSSR count). The maximum Gasteiger partial charge on any atom is 0.261 e. The molecule has 57 heavy (non-hydrogen) atoms. The third-order valence-electron chi connectivity index (χ3n) is 10.4. The first-order chi connectivity index (χ1) is 27.4. The van der Waals surface area contributed by atoms with E-state index in [9.17, 15) is 24.3 Å². The maximum absolute atomic E-state index is 14.4. The molecule has 0 spiro atoms. The Morgan fingerprint density at radius 1 is 0.860 bits per heavy atom. The van der Waals surface area contributed by atoms with E-state index >= 15 is 0 Å². The summed E-state index contributed by atoms with van der Waals surface area (Å²) in [7, 11) is 3.80. The van der Waals surface area contributed by atoms with E-state index in [1.54, 1.807) is 59.6 Å². The zero-order chi connectivity index (χ0) is 40.1. The highest BCUT2D eigenvalue weighted by atomic mass is 35.5. The first-order valence-electron chi connectivity index (χ1n) is 18.9. The molecule has 1 saturated heterocycles. The minimum atomic E-state index is -1.24. The van der Waals surface area contributed by atoms with Crippen molar-refractivity contribution in [3.8, 4) is 0 Å². The van der Waals surface area contributed by atoms with Gasteiger partial charge in [-0.25, -0.2) is 4.98 Å². The van der Waals surface area contributed by atoms with Crippen LogP contribution in [0.15, 0.2) is 114 Å². The van der Waals surface area contributed by atoms with E-state index in [1.807, 2.05) is 67.5 Å². The van der Waals surface area contributed by atoms with Gasteiger partial charge in [0.25, 0.3) is 11.5 Å². The van der Waals surface area contributed by atoms with Crippen molar-refractivity contribution < 1.29 is 19.5 Å². The number of fused-ring (bicyclic) bond motifs is 2. The van der Waals surface area contributed by atoms with Crippen molar-refractivity contribution in [3.63, 3.8) is 0 Å². The summed E-state index contributed by atoms with van der Waals surface area (Å²) in [6, 6.07) is 29.0. The lowest BCUT2D eigenvalue weighted by Gasteiger charge is -2.39. The molecule has 292 valence electrons. The fourth-order valence-corrected chi connectivity index (χ4v) is 7.44. The van der Waals surface area contributed by atoms with E-state index < -0.39 is 11.5 Å². The number of hydrogen-bond acceptors (Lipinski definition) is 8. The van der Waals surface area contributed by atoms with Gasteiger partial charge in [-0.05, 0) is 93.0 Å². The molecule has 4 aromatic carbocycles. The Bertz CT molecular complexity index is 2500. The molecule has 1 fully saturated rings. The number of piperidine rings is 1. The van der Waals surface area contributed by atoms with Crippen LogP contribution in [0.4, 0.5) is 11.4 Å². The average Bonchev–Trinajstić information content (AvgIpc) is 3.21. The van der Waals surface area contributed by atoms with Gasteiger partial charge in [-0.2, -0.15) is 0 Å². The fourth-order valence-electron chi connectivity index (χ4n) is 7.22. The van der Waals surface area contributed by atoms with Gasteiger partial charge in [0.05, 0.1) is 45.8 Å². The van der Waals surface area contributed by atoms with Crippen LogP contribution in [0.3, 0.4) is 0 Å². The molecule has 0 bridgehead atoms. The van der Waals surface area contributed by atoms with Gasteiger partial charge in [0.1, 0.15) is 0 Å². The van der Waals surface area contributed by atoms with Crippen LogP contribution in [0.2, 0.25) is 5.02 Å². The number of pyridine rings is 1. The summed E-state index contributed by atoms with van der Waals surface area (Å²) in [5, 5.41) is 19.2. The first-order valence-corrected chi connectivity index (χ1v) is 19.3. The monoisotopic (exact) mass is 785 g/mol. The predicted molar refractivity (Wildman–Crippen MR) is 223 cm³/mol. The molecule has 12 nitrogen and oxygen atoms in total. The summed E-state index contributed by atoms with van der Waals surface area (Å²) < 4.78 is 1.41. The molecule has 1 atom stereocenters. The molecule has 3 N–H and O–H groups in total. The van der Waals surface area contributed by atoms with Crippen LogP contribution in [-0.2, 0) is 22.6 Å². The van der Waals surface area contributed by atoms with Crippen molar-refractivity contribution >= 4 is 62.5 Å². The van der Waals surface area contributed by atoms with Crippen LogP contribution in [0.25, 0.3) is 21.8 Å². The number of aliphatic hydroxyl groups is 1. The van der Waals surface area contributed by atoms with Gasteiger partial charge in [-0.1, -0.05) is 60.1 Å². The quantitative estimate of drug-likeness (QED) is 0.134. The second kappa shape index (κ2) is 17.0. The summed E-state index contributed by atoms with van der Waals surface area (Å²) in [5.41, 5.74) is 2.78. The lowest BCUT2D eigenvalue weighted by Crippen LogP contribution is -2.50. The van der Waals surface area contributed by atoms with Gasteiger partial charge in [0, 0.05) is 54.6 Å². The Labute approximate surface area is 335 Å². The summed E-state index contributed by atoms with van der Waals surface area (Å²) >= 11 is 6.29. The van der Waals surface area contributed by atoms with E-state index in [2.05, 4.69) is 20.6 Å². The average molecular weight is 786 g/mol. The van der Waals surface area contributed by atoms with Crippen LogP contribution < -0.4 is 16.2 Å². The molecule has 13 heteroatoms. The Kier molecular flexibility index (Phi) is 11.7. The zero-order valence-corrected chi connectivity index (χ0v) is 32.6. The number of likely N-dealkylation sites (tertiary alicyclic amines) is 1. The fraction of sp³-hybridized carbons (Fsp3) is 0.273. The van der Waals surface area contributed by atoms with E-state index in [0.717, 1.165) is 16.5 Å². The van der Waals surface area contributed by atoms with Gasteiger partial charge in [0.15, 0.2) is 0 Å². The van der Waals surface area contributed by atoms with Gasteiger partial charge in [-0.15, -0.1) is 0 Å². The molecule has 3 amide bonds. The topological polar surface area (TPSA) is 150 Å². The van der Waals surface area contributed by atoms with Crippen molar-refractivity contribution in [2.75, 3.05) is 44.4 Å². The Balaban J connectivity index is 1.04. The standard InChI is InChI=1S/C44H44ClN7O5/c1-50(2)20-16-40(53)48-33-12-14-35-39(26-33)47-28-52(42(35)55)27-44(57)17-21-51(22-18-44)43(56)36(23-29-7-4-3-5-8-29)30-9-6-10-32(24-30)49-41(54)31-11-13-34-37(45)15-19-46-38(34)25-31/h3-15,19,24-26,28,36,57H,16-18,20-23,27H2,1-2H3,(H,48,53)(H,49,54). The van der Waals surface area contributed by atoms with E-state index in [1.165, 1.54) is 10.9 Å². The molecule has 2 aromatic heterocycles. The van der Waals surface area contributed by atoms with Crippen molar-refractivity contribution in [1.29, 1.82) is 0 Å². The second-order valence-corrected chi connectivity index (χ2v) is 15.3. The largest absolute Gasteiger partial charge is 0.388 e. The number of halogens is 1. The SMILES string of the molecule is CN(C)CCC(=O)Nc1ccc2c(=O)n(CC3(O)CCN(C(=O)C(Cc4ccccc4)c4cccc(NC(=O)c5ccc6c(Cl)ccnc6c5)c4)CC3)cnc2c1. The van der Waals surface area contributed by atoms with E-state index in [-0.39, 0.29) is 42.7 Å². The number of amides is 3. The Hall–Kier alpha value is -5.95. The van der Waals surface area contributed by atoms with Crippen molar-refractivity contribution in [3.05, 3.63) is 142 Å². The number of aromatic nitrogens is 3. The normalized spacial score (nSPS) is 14.4. The highest BCUT2D eigenvalue weighted by Gasteiger charge is 2.37. The van der Waals surface area contributed by atoms with Crippen LogP contribution in [0, 0.1) is 0 Å². The van der Waals surface area contributed by atoms with Gasteiger partial charge in [0.2, 0.25) is 11.8 Å². The second-order valence-electron chi connectivity index (χ2n) is 14.9. The molecule has 0 aliphatic carbocycles. The first kappa shape index (κ1) is 39.3. The third kappa shape index (κ3) is 9.37. The lowest BCUT2D eigenvalue weighted by atomic mass is 9.87. The summed E-state index contributed by atoms with van der Waals surface area (Å²) in [6.07, 6.45) is 4.33. The highest BCUT2D eigenvalue weighted by molar-refractivity contribution is 6.35. The number of nitrogens with one attached hydrogen (secondary N) is 2. The lowest BCUT2D eigenvalue weighted by molar-refractivity contribution is -0.137. The smallest absolute Gasteiger partial charge is 0.261 e. The summed E-state index contributed by atoms with van der Waals surface area (Å²) in [6.45, 7) is 1.23. The van der Waals surface area contributed by atoms with Crippen LogP contribution in [-0.4, -0.2) is 86.5 Å². The van der Waals surface area contributed by atoms with Gasteiger partial charge in [-0.3, -0.25) is 28.7 Å². The number of carbonyl (C=O) groups excluding carboxylic acids is 3. The van der Waals surface area contributed by atoms with Crippen LogP contribution in [0.1, 0.15) is 46.7 Å². The molecule has 1 unspecified atom stereocenters. The molecular formula is C44H44ClN7O5. The van der Waals surface area contributed by atoms with Gasteiger partial charge < -0.3 is 25.5 Å². The van der Waals surface area contributed by atoms with Crippen molar-refractivity contribution in [1.82, 2.24) is 24.3 Å². The predicted octanol–water partition coefficient (Wildman–Crippen LogP) is 6.12. The Morgan fingerprint density at radius 2 is 1.60 bits per heavy atom. The van der Waals surface area contributed by atoms with Crippen LogP contribution >= 0.6 is 11.6 Å². The number of rotatable bonds is 12. The number of benzene rings is 4. The minimum absolute atomic E-state index is 0.0231.